The molecule has 17 heavy (non-hydrogen) atoms. The second-order valence-corrected chi connectivity index (χ2v) is 4.20. The molecule has 0 saturated carbocycles. The van der Waals surface area contributed by atoms with Gasteiger partial charge >= 0.3 is 0 Å². The molecule has 0 amide bonds. The van der Waals surface area contributed by atoms with Crippen molar-refractivity contribution in [2.75, 3.05) is 18.5 Å². The Bertz CT molecular complexity index is 396. The van der Waals surface area contributed by atoms with Crippen LogP contribution in [0.15, 0.2) is 18.2 Å². The van der Waals surface area contributed by atoms with Crippen molar-refractivity contribution < 1.29 is 9.66 Å². The maximum atomic E-state index is 10.8. The largest absolute Gasteiger partial charge is 0.377 e. The number of nitro benzene ring substituents is 1. The highest BCUT2D eigenvalue weighted by Gasteiger charge is 2.13. The summed E-state index contributed by atoms with van der Waals surface area (Å²) in [5.74, 6) is 0. The van der Waals surface area contributed by atoms with E-state index in [-0.39, 0.29) is 11.8 Å². The molecule has 1 aromatic carbocycles. The average Bonchev–Trinajstić information content (AvgIpc) is 2.25. The second kappa shape index (κ2) is 6.42. The Morgan fingerprint density at radius 1 is 1.53 bits per heavy atom. The molecule has 0 bridgehead atoms. The lowest BCUT2D eigenvalue weighted by molar-refractivity contribution is -0.383. The molecule has 1 rings (SSSR count). The monoisotopic (exact) mass is 258 g/mol. The maximum Gasteiger partial charge on any atom is 0.293 e. The summed E-state index contributed by atoms with van der Waals surface area (Å²) in [5, 5.41) is 14.1. The third-order valence-electron chi connectivity index (χ3n) is 2.03. The number of ether oxygens (including phenoxy) is 1. The number of rotatable bonds is 6. The van der Waals surface area contributed by atoms with Gasteiger partial charge in [0.15, 0.2) is 0 Å². The first-order chi connectivity index (χ1) is 8.00. The van der Waals surface area contributed by atoms with Crippen LogP contribution >= 0.6 is 11.6 Å². The Labute approximate surface area is 105 Å². The minimum Gasteiger partial charge on any atom is -0.377 e. The van der Waals surface area contributed by atoms with Crippen molar-refractivity contribution in [3.8, 4) is 0 Å². The van der Waals surface area contributed by atoms with E-state index in [0.29, 0.717) is 23.9 Å². The molecule has 5 nitrogen and oxygen atoms in total. The van der Waals surface area contributed by atoms with Crippen molar-refractivity contribution >= 4 is 23.0 Å². The lowest BCUT2D eigenvalue weighted by atomic mass is 10.2. The van der Waals surface area contributed by atoms with Gasteiger partial charge in [0.05, 0.1) is 17.6 Å². The summed E-state index contributed by atoms with van der Waals surface area (Å²) in [7, 11) is 0. The molecular formula is C11H15ClN2O3. The highest BCUT2D eigenvalue weighted by atomic mass is 35.5. The normalized spacial score (nSPS) is 10.6. The molecule has 6 heteroatoms. The predicted octanol–water partition coefficient (Wildman–Crippen LogP) is 3.09. The van der Waals surface area contributed by atoms with Crippen molar-refractivity contribution in [3.63, 3.8) is 0 Å². The molecule has 0 unspecified atom stereocenters. The lowest BCUT2D eigenvalue weighted by Gasteiger charge is -2.09. The maximum absolute atomic E-state index is 10.8. The van der Waals surface area contributed by atoms with Crippen LogP contribution in [0.1, 0.15) is 13.8 Å². The van der Waals surface area contributed by atoms with E-state index in [4.69, 9.17) is 16.3 Å². The van der Waals surface area contributed by atoms with Gasteiger partial charge < -0.3 is 10.1 Å². The molecule has 0 fully saturated rings. The molecule has 0 aliphatic carbocycles. The number of anilines is 1. The molecule has 0 aliphatic heterocycles. The van der Waals surface area contributed by atoms with E-state index < -0.39 is 4.92 Å². The van der Waals surface area contributed by atoms with Gasteiger partial charge in [-0.2, -0.15) is 0 Å². The summed E-state index contributed by atoms with van der Waals surface area (Å²) in [4.78, 5) is 10.3. The number of benzene rings is 1. The van der Waals surface area contributed by atoms with Crippen molar-refractivity contribution in [1.29, 1.82) is 0 Å². The van der Waals surface area contributed by atoms with Crippen LogP contribution in [-0.4, -0.2) is 24.2 Å². The van der Waals surface area contributed by atoms with E-state index in [1.807, 2.05) is 13.8 Å². The lowest BCUT2D eigenvalue weighted by Crippen LogP contribution is -2.13. The van der Waals surface area contributed by atoms with Crippen LogP contribution in [0.25, 0.3) is 0 Å². The van der Waals surface area contributed by atoms with Gasteiger partial charge in [0.25, 0.3) is 5.69 Å². The van der Waals surface area contributed by atoms with E-state index in [1.165, 1.54) is 6.07 Å². The molecule has 0 saturated heterocycles. The first kappa shape index (κ1) is 13.7. The molecule has 1 aromatic rings. The fraction of sp³-hybridized carbons (Fsp3) is 0.455. The van der Waals surface area contributed by atoms with E-state index >= 15 is 0 Å². The zero-order chi connectivity index (χ0) is 12.8. The van der Waals surface area contributed by atoms with Crippen LogP contribution in [0.5, 0.6) is 0 Å². The van der Waals surface area contributed by atoms with E-state index in [0.717, 1.165) is 0 Å². The van der Waals surface area contributed by atoms with E-state index in [9.17, 15) is 10.1 Å². The fourth-order valence-electron chi connectivity index (χ4n) is 1.29. The zero-order valence-electron chi connectivity index (χ0n) is 9.77. The van der Waals surface area contributed by atoms with Crippen molar-refractivity contribution in [2.45, 2.75) is 20.0 Å². The molecule has 0 atom stereocenters. The van der Waals surface area contributed by atoms with Crippen LogP contribution in [0.2, 0.25) is 5.02 Å². The van der Waals surface area contributed by atoms with Crippen LogP contribution in [0.3, 0.4) is 0 Å². The molecule has 0 radical (unpaired) electrons. The number of hydrogen-bond acceptors (Lipinski definition) is 4. The van der Waals surface area contributed by atoms with Crippen LogP contribution in [0.4, 0.5) is 11.4 Å². The predicted molar refractivity (Wildman–Crippen MR) is 67.7 cm³/mol. The average molecular weight is 259 g/mol. The SMILES string of the molecule is CC(C)OCCNc1ccc(Cl)cc1[N+](=O)[O-]. The molecule has 0 heterocycles. The van der Waals surface area contributed by atoms with Gasteiger partial charge in [-0.15, -0.1) is 0 Å². The smallest absolute Gasteiger partial charge is 0.293 e. The number of hydrogen-bond donors (Lipinski definition) is 1. The molecule has 0 spiro atoms. The van der Waals surface area contributed by atoms with E-state index in [2.05, 4.69) is 5.32 Å². The molecule has 0 aromatic heterocycles. The Hall–Kier alpha value is -1.33. The first-order valence-corrected chi connectivity index (χ1v) is 5.68. The minimum atomic E-state index is -0.461. The molecule has 1 N–H and O–H groups in total. The summed E-state index contributed by atoms with van der Waals surface area (Å²) in [6, 6.07) is 4.53. The number of nitrogens with one attached hydrogen (secondary N) is 1. The Morgan fingerprint density at radius 2 is 2.24 bits per heavy atom. The minimum absolute atomic E-state index is 0.0259. The van der Waals surface area contributed by atoms with Crippen molar-refractivity contribution in [3.05, 3.63) is 33.3 Å². The Kier molecular flexibility index (Phi) is 5.18. The van der Waals surface area contributed by atoms with Gasteiger partial charge in [-0.3, -0.25) is 10.1 Å². The van der Waals surface area contributed by atoms with Crippen LogP contribution in [0, 0.1) is 10.1 Å². The number of nitrogens with zero attached hydrogens (tertiary/aromatic N) is 1. The number of nitro groups is 1. The van der Waals surface area contributed by atoms with Gasteiger partial charge in [0.1, 0.15) is 5.69 Å². The van der Waals surface area contributed by atoms with Crippen LogP contribution < -0.4 is 5.32 Å². The summed E-state index contributed by atoms with van der Waals surface area (Å²) >= 11 is 5.71. The molecule has 0 aliphatic rings. The topological polar surface area (TPSA) is 64.4 Å². The third-order valence-corrected chi connectivity index (χ3v) is 2.26. The van der Waals surface area contributed by atoms with Crippen molar-refractivity contribution in [2.24, 2.45) is 0 Å². The van der Waals surface area contributed by atoms with Crippen molar-refractivity contribution in [1.82, 2.24) is 0 Å². The second-order valence-electron chi connectivity index (χ2n) is 3.76. The van der Waals surface area contributed by atoms with E-state index in [1.54, 1.807) is 12.1 Å². The van der Waals surface area contributed by atoms with Crippen LogP contribution in [-0.2, 0) is 4.74 Å². The summed E-state index contributed by atoms with van der Waals surface area (Å²) in [6.07, 6.45) is 0.150. The van der Waals surface area contributed by atoms with Gasteiger partial charge in [-0.25, -0.2) is 0 Å². The third kappa shape index (κ3) is 4.58. The highest BCUT2D eigenvalue weighted by Crippen LogP contribution is 2.27. The first-order valence-electron chi connectivity index (χ1n) is 5.30. The quantitative estimate of drug-likeness (QED) is 0.484. The fourth-order valence-corrected chi connectivity index (χ4v) is 1.45. The van der Waals surface area contributed by atoms with Gasteiger partial charge in [-0.05, 0) is 26.0 Å². The Morgan fingerprint density at radius 3 is 2.82 bits per heavy atom. The summed E-state index contributed by atoms with van der Waals surface area (Å²) < 4.78 is 5.33. The molecule has 94 valence electrons. The summed E-state index contributed by atoms with van der Waals surface area (Å²) in [6.45, 7) is 4.88. The zero-order valence-corrected chi connectivity index (χ0v) is 10.5. The highest BCUT2D eigenvalue weighted by molar-refractivity contribution is 6.30. The van der Waals surface area contributed by atoms with Gasteiger partial charge in [0.2, 0.25) is 0 Å². The molecular weight excluding hydrogens is 244 g/mol. The number of halogens is 1. The standard InChI is InChI=1S/C11H15ClN2O3/c1-8(2)17-6-5-13-10-4-3-9(12)7-11(10)14(15)16/h3-4,7-8,13H,5-6H2,1-2H3. The van der Waals surface area contributed by atoms with Gasteiger partial charge in [-0.1, -0.05) is 11.6 Å². The summed E-state index contributed by atoms with van der Waals surface area (Å²) in [5.41, 5.74) is 0.425. The Balaban J connectivity index is 2.61. The van der Waals surface area contributed by atoms with Gasteiger partial charge in [0, 0.05) is 17.6 Å².